The molecule has 1 aromatic carbocycles. The van der Waals surface area contributed by atoms with Crippen LogP contribution in [0.3, 0.4) is 0 Å². The minimum Gasteiger partial charge on any atom is -0.490 e. The lowest BCUT2D eigenvalue weighted by Crippen LogP contribution is -2.24. The van der Waals surface area contributed by atoms with Crippen molar-refractivity contribution in [2.45, 2.75) is 39.7 Å². The molecule has 0 saturated carbocycles. The summed E-state index contributed by atoms with van der Waals surface area (Å²) < 4.78 is 11.0. The number of rotatable bonds is 9. The highest BCUT2D eigenvalue weighted by Crippen LogP contribution is 2.21. The van der Waals surface area contributed by atoms with Gasteiger partial charge in [0.25, 0.3) is 0 Å². The molecule has 0 fully saturated rings. The number of oxime groups is 1. The lowest BCUT2D eigenvalue weighted by molar-refractivity contribution is 0.0112. The second-order valence-corrected chi connectivity index (χ2v) is 5.08. The molecule has 0 aliphatic carbocycles. The van der Waals surface area contributed by atoms with E-state index < -0.39 is 6.10 Å². The van der Waals surface area contributed by atoms with Gasteiger partial charge in [-0.15, -0.1) is 0 Å². The van der Waals surface area contributed by atoms with E-state index >= 15 is 0 Å². The molecule has 1 aromatic rings. The highest BCUT2D eigenvalue weighted by molar-refractivity contribution is 6.00. The maximum absolute atomic E-state index is 9.84. The Morgan fingerprint density at radius 2 is 2.10 bits per heavy atom. The van der Waals surface area contributed by atoms with Crippen LogP contribution in [0.2, 0.25) is 0 Å². The summed E-state index contributed by atoms with van der Waals surface area (Å²) in [5.41, 5.74) is 2.22. The van der Waals surface area contributed by atoms with Crippen molar-refractivity contribution in [3.8, 4) is 5.75 Å². The van der Waals surface area contributed by atoms with Crippen molar-refractivity contribution >= 4 is 5.71 Å². The number of unbranched alkanes of at least 4 members (excludes halogenated alkanes) is 1. The van der Waals surface area contributed by atoms with Gasteiger partial charge in [0.05, 0.1) is 12.3 Å². The number of aryl methyl sites for hydroxylation is 1. The summed E-state index contributed by atoms with van der Waals surface area (Å²) in [7, 11) is 0. The summed E-state index contributed by atoms with van der Waals surface area (Å²) in [4.78, 5) is 0. The van der Waals surface area contributed by atoms with E-state index in [0.717, 1.165) is 18.4 Å². The first-order valence-electron chi connectivity index (χ1n) is 7.26. The minimum absolute atomic E-state index is 0.140. The van der Waals surface area contributed by atoms with Gasteiger partial charge in [-0.05, 0) is 38.0 Å². The fourth-order valence-electron chi connectivity index (χ4n) is 1.80. The summed E-state index contributed by atoms with van der Waals surface area (Å²) in [6.45, 7) is 6.79. The molecular weight excluding hydrogens is 270 g/mol. The van der Waals surface area contributed by atoms with E-state index in [0.29, 0.717) is 23.6 Å². The van der Waals surface area contributed by atoms with Crippen LogP contribution >= 0.6 is 0 Å². The van der Waals surface area contributed by atoms with Crippen molar-refractivity contribution < 1.29 is 19.8 Å². The third-order valence-electron chi connectivity index (χ3n) is 3.06. The van der Waals surface area contributed by atoms with Gasteiger partial charge in [-0.1, -0.05) is 24.6 Å². The van der Waals surface area contributed by atoms with Gasteiger partial charge in [-0.2, -0.15) is 0 Å². The van der Waals surface area contributed by atoms with Gasteiger partial charge in [0.2, 0.25) is 0 Å². The Bertz CT molecular complexity index is 460. The number of aliphatic hydroxyl groups is 1. The zero-order chi connectivity index (χ0) is 15.7. The molecule has 0 saturated heterocycles. The molecule has 118 valence electrons. The average molecular weight is 295 g/mol. The predicted molar refractivity (Wildman–Crippen MR) is 82.4 cm³/mol. The van der Waals surface area contributed by atoms with Crippen LogP contribution in [0.5, 0.6) is 5.75 Å². The van der Waals surface area contributed by atoms with E-state index in [1.807, 2.05) is 25.1 Å². The van der Waals surface area contributed by atoms with Crippen LogP contribution in [-0.2, 0) is 4.74 Å². The summed E-state index contributed by atoms with van der Waals surface area (Å²) in [6, 6.07) is 5.61. The quantitative estimate of drug-likeness (QED) is 0.318. The fraction of sp³-hybridized carbons (Fsp3) is 0.562. The first-order valence-corrected chi connectivity index (χ1v) is 7.26. The van der Waals surface area contributed by atoms with Crippen LogP contribution in [0.4, 0.5) is 0 Å². The molecule has 1 unspecified atom stereocenters. The molecular formula is C16H25NO4. The van der Waals surface area contributed by atoms with Crippen LogP contribution in [0.1, 0.15) is 37.8 Å². The molecule has 0 heterocycles. The standard InChI is InChI=1S/C16H25NO4/c1-4-5-8-20-10-14(18)11-21-16-9-12(2)6-7-15(16)13(3)17-19/h6-7,9,14,18-19H,4-5,8,10-11H2,1-3H3/b17-13+. The van der Waals surface area contributed by atoms with Gasteiger partial charge in [0, 0.05) is 12.2 Å². The molecule has 1 atom stereocenters. The molecule has 1 rings (SSSR count). The van der Waals surface area contributed by atoms with Crippen molar-refractivity contribution in [2.75, 3.05) is 19.8 Å². The number of nitrogens with zero attached hydrogens (tertiary/aromatic N) is 1. The summed E-state index contributed by atoms with van der Waals surface area (Å²) >= 11 is 0. The lowest BCUT2D eigenvalue weighted by Gasteiger charge is -2.15. The Kier molecular flexibility index (Phi) is 7.79. The number of ether oxygens (including phenoxy) is 2. The Balaban J connectivity index is 2.56. The van der Waals surface area contributed by atoms with Gasteiger partial charge in [0.1, 0.15) is 18.5 Å². The second-order valence-electron chi connectivity index (χ2n) is 5.08. The Hall–Kier alpha value is -1.59. The zero-order valence-electron chi connectivity index (χ0n) is 13.0. The predicted octanol–water partition coefficient (Wildman–Crippen LogP) is 2.75. The van der Waals surface area contributed by atoms with Gasteiger partial charge in [0.15, 0.2) is 0 Å². The average Bonchev–Trinajstić information content (AvgIpc) is 2.49. The molecule has 0 aliphatic heterocycles. The lowest BCUT2D eigenvalue weighted by atomic mass is 10.1. The highest BCUT2D eigenvalue weighted by atomic mass is 16.5. The molecule has 0 amide bonds. The first kappa shape index (κ1) is 17.5. The van der Waals surface area contributed by atoms with Crippen molar-refractivity contribution in [1.29, 1.82) is 0 Å². The van der Waals surface area contributed by atoms with Crippen molar-refractivity contribution in [2.24, 2.45) is 5.16 Å². The number of benzene rings is 1. The normalized spacial score (nSPS) is 13.2. The number of aliphatic hydroxyl groups excluding tert-OH is 1. The van der Waals surface area contributed by atoms with Crippen LogP contribution in [-0.4, -0.2) is 42.0 Å². The topological polar surface area (TPSA) is 71.3 Å². The number of hydrogen-bond donors (Lipinski definition) is 2. The van der Waals surface area contributed by atoms with E-state index in [-0.39, 0.29) is 13.2 Å². The fourth-order valence-corrected chi connectivity index (χ4v) is 1.80. The Morgan fingerprint density at radius 1 is 1.33 bits per heavy atom. The van der Waals surface area contributed by atoms with Crippen LogP contribution in [0.25, 0.3) is 0 Å². The summed E-state index contributed by atoms with van der Waals surface area (Å²) in [5, 5.41) is 21.9. The van der Waals surface area contributed by atoms with Gasteiger partial charge < -0.3 is 19.8 Å². The minimum atomic E-state index is -0.679. The molecule has 0 spiro atoms. The Morgan fingerprint density at radius 3 is 2.76 bits per heavy atom. The molecule has 0 bridgehead atoms. The molecule has 5 heteroatoms. The second kappa shape index (κ2) is 9.37. The third kappa shape index (κ3) is 6.14. The maximum atomic E-state index is 9.84. The summed E-state index contributed by atoms with van der Waals surface area (Å²) in [6.07, 6.45) is 1.38. The van der Waals surface area contributed by atoms with Crippen molar-refractivity contribution in [3.63, 3.8) is 0 Å². The highest BCUT2D eigenvalue weighted by Gasteiger charge is 2.11. The van der Waals surface area contributed by atoms with Crippen molar-refractivity contribution in [1.82, 2.24) is 0 Å². The zero-order valence-corrected chi connectivity index (χ0v) is 13.0. The Labute approximate surface area is 126 Å². The maximum Gasteiger partial charge on any atom is 0.128 e. The van der Waals surface area contributed by atoms with Crippen LogP contribution < -0.4 is 4.74 Å². The number of hydrogen-bond acceptors (Lipinski definition) is 5. The first-order chi connectivity index (χ1) is 10.1. The molecule has 21 heavy (non-hydrogen) atoms. The van der Waals surface area contributed by atoms with Crippen LogP contribution in [0.15, 0.2) is 23.4 Å². The van der Waals surface area contributed by atoms with E-state index in [4.69, 9.17) is 14.7 Å². The van der Waals surface area contributed by atoms with E-state index in [9.17, 15) is 5.11 Å². The molecule has 0 aromatic heterocycles. The van der Waals surface area contributed by atoms with E-state index in [1.54, 1.807) is 6.92 Å². The molecule has 0 aliphatic rings. The third-order valence-corrected chi connectivity index (χ3v) is 3.06. The molecule has 0 radical (unpaired) electrons. The van der Waals surface area contributed by atoms with Crippen molar-refractivity contribution in [3.05, 3.63) is 29.3 Å². The van der Waals surface area contributed by atoms with Gasteiger partial charge in [-0.25, -0.2) is 0 Å². The van der Waals surface area contributed by atoms with Crippen LogP contribution in [0, 0.1) is 6.92 Å². The molecule has 2 N–H and O–H groups in total. The van der Waals surface area contributed by atoms with Gasteiger partial charge >= 0.3 is 0 Å². The summed E-state index contributed by atoms with van der Waals surface area (Å²) in [5.74, 6) is 0.595. The monoisotopic (exact) mass is 295 g/mol. The largest absolute Gasteiger partial charge is 0.490 e. The van der Waals surface area contributed by atoms with E-state index in [1.165, 1.54) is 0 Å². The SMILES string of the molecule is CCCCOCC(O)COc1cc(C)ccc1/C(C)=N/O. The smallest absolute Gasteiger partial charge is 0.128 e. The van der Waals surface area contributed by atoms with E-state index in [2.05, 4.69) is 12.1 Å². The molecule has 5 nitrogen and oxygen atoms in total. The van der Waals surface area contributed by atoms with Gasteiger partial charge in [-0.3, -0.25) is 0 Å².